The van der Waals surface area contributed by atoms with E-state index in [2.05, 4.69) is 20.3 Å². The monoisotopic (exact) mass is 327 g/mol. The number of nitrogens with zero attached hydrogens (tertiary/aromatic N) is 3. The number of rotatable bonds is 4. The second-order valence-electron chi connectivity index (χ2n) is 5.28. The van der Waals surface area contributed by atoms with Crippen molar-refractivity contribution in [1.82, 2.24) is 20.3 Å². The van der Waals surface area contributed by atoms with Gasteiger partial charge in [-0.1, -0.05) is 0 Å². The molecule has 0 aliphatic carbocycles. The van der Waals surface area contributed by atoms with Crippen LogP contribution in [-0.4, -0.2) is 27.4 Å². The number of carbonyl (C=O) groups is 1. The van der Waals surface area contributed by atoms with Crippen LogP contribution in [0.3, 0.4) is 0 Å². The largest absolute Gasteiger partial charge is 0.375 e. The van der Waals surface area contributed by atoms with E-state index in [1.807, 2.05) is 25.3 Å². The highest BCUT2D eigenvalue weighted by atomic mass is 32.1. The number of nitrogen functional groups attached to an aromatic ring is 1. The Labute approximate surface area is 137 Å². The molecule has 0 fully saturated rings. The SMILES string of the molecule is Cc1nc2ccc(C(=O)NCCc3csc(N)n3)cc2nc1C. The number of nitrogens with one attached hydrogen (secondary N) is 1. The fourth-order valence-electron chi connectivity index (χ4n) is 2.22. The number of nitrogens with two attached hydrogens (primary N) is 1. The van der Waals surface area contributed by atoms with E-state index in [4.69, 9.17) is 5.73 Å². The molecule has 118 valence electrons. The molecule has 3 aromatic rings. The quantitative estimate of drug-likeness (QED) is 0.766. The van der Waals surface area contributed by atoms with Crippen molar-refractivity contribution >= 4 is 33.4 Å². The van der Waals surface area contributed by atoms with E-state index in [1.165, 1.54) is 11.3 Å². The van der Waals surface area contributed by atoms with Crippen molar-refractivity contribution in [3.8, 4) is 0 Å². The van der Waals surface area contributed by atoms with Gasteiger partial charge in [0.05, 0.1) is 28.1 Å². The Morgan fingerprint density at radius 1 is 1.17 bits per heavy atom. The summed E-state index contributed by atoms with van der Waals surface area (Å²) >= 11 is 1.40. The molecule has 1 aromatic carbocycles. The average Bonchev–Trinajstić information content (AvgIpc) is 2.93. The number of benzene rings is 1. The summed E-state index contributed by atoms with van der Waals surface area (Å²) in [6, 6.07) is 5.36. The van der Waals surface area contributed by atoms with Crippen LogP contribution >= 0.6 is 11.3 Å². The topological polar surface area (TPSA) is 93.8 Å². The van der Waals surface area contributed by atoms with Crippen molar-refractivity contribution in [3.05, 3.63) is 46.2 Å². The molecule has 7 heteroatoms. The van der Waals surface area contributed by atoms with Crippen LogP contribution in [0.25, 0.3) is 11.0 Å². The number of fused-ring (bicyclic) bond motifs is 1. The molecule has 0 atom stereocenters. The van der Waals surface area contributed by atoms with Crippen molar-refractivity contribution in [2.75, 3.05) is 12.3 Å². The smallest absolute Gasteiger partial charge is 0.251 e. The third kappa shape index (κ3) is 3.45. The first kappa shape index (κ1) is 15.4. The van der Waals surface area contributed by atoms with Gasteiger partial charge in [0.2, 0.25) is 0 Å². The normalized spacial score (nSPS) is 10.9. The number of hydrogen-bond acceptors (Lipinski definition) is 6. The molecule has 0 bridgehead atoms. The molecule has 0 radical (unpaired) electrons. The standard InChI is InChI=1S/C16H17N5OS/c1-9-10(2)20-14-7-11(3-4-13(14)19-9)15(22)18-6-5-12-8-23-16(17)21-12/h3-4,7-8H,5-6H2,1-2H3,(H2,17,21)(H,18,22). The lowest BCUT2D eigenvalue weighted by atomic mass is 10.1. The molecule has 0 saturated heterocycles. The van der Waals surface area contributed by atoms with Gasteiger partial charge in [-0.15, -0.1) is 11.3 Å². The Balaban J connectivity index is 1.69. The van der Waals surface area contributed by atoms with Crippen molar-refractivity contribution in [2.24, 2.45) is 0 Å². The number of carbonyl (C=O) groups excluding carboxylic acids is 1. The molecule has 2 heterocycles. The van der Waals surface area contributed by atoms with Gasteiger partial charge in [0.25, 0.3) is 5.91 Å². The third-order valence-corrected chi connectivity index (χ3v) is 4.30. The molecular formula is C16H17N5OS. The van der Waals surface area contributed by atoms with Crippen LogP contribution in [0.1, 0.15) is 27.4 Å². The highest BCUT2D eigenvalue weighted by Crippen LogP contribution is 2.15. The number of amides is 1. The molecule has 0 unspecified atom stereocenters. The Morgan fingerprint density at radius 2 is 1.91 bits per heavy atom. The second kappa shape index (κ2) is 6.29. The van der Waals surface area contributed by atoms with Crippen LogP contribution < -0.4 is 11.1 Å². The van der Waals surface area contributed by atoms with Gasteiger partial charge in [0.15, 0.2) is 5.13 Å². The van der Waals surface area contributed by atoms with Gasteiger partial charge in [-0.25, -0.2) is 15.0 Å². The Hall–Kier alpha value is -2.54. The van der Waals surface area contributed by atoms with Gasteiger partial charge >= 0.3 is 0 Å². The van der Waals surface area contributed by atoms with E-state index in [0.29, 0.717) is 23.7 Å². The van der Waals surface area contributed by atoms with Gasteiger partial charge in [0.1, 0.15) is 0 Å². The molecule has 3 N–H and O–H groups in total. The lowest BCUT2D eigenvalue weighted by molar-refractivity contribution is 0.0954. The summed E-state index contributed by atoms with van der Waals surface area (Å²) in [5.74, 6) is -0.130. The number of aromatic nitrogens is 3. The third-order valence-electron chi connectivity index (χ3n) is 3.57. The maximum absolute atomic E-state index is 12.2. The molecule has 3 rings (SSSR count). The highest BCUT2D eigenvalue weighted by Gasteiger charge is 2.09. The lowest BCUT2D eigenvalue weighted by Gasteiger charge is -2.06. The molecular weight excluding hydrogens is 310 g/mol. The van der Waals surface area contributed by atoms with E-state index in [-0.39, 0.29) is 5.91 Å². The molecule has 23 heavy (non-hydrogen) atoms. The average molecular weight is 327 g/mol. The van der Waals surface area contributed by atoms with Crippen molar-refractivity contribution in [3.63, 3.8) is 0 Å². The zero-order valence-corrected chi connectivity index (χ0v) is 13.8. The van der Waals surface area contributed by atoms with E-state index in [0.717, 1.165) is 28.1 Å². The zero-order chi connectivity index (χ0) is 16.4. The van der Waals surface area contributed by atoms with Gasteiger partial charge in [-0.05, 0) is 32.0 Å². The summed E-state index contributed by atoms with van der Waals surface area (Å²) in [6.45, 7) is 4.35. The molecule has 0 spiro atoms. The summed E-state index contributed by atoms with van der Waals surface area (Å²) in [6.07, 6.45) is 0.658. The van der Waals surface area contributed by atoms with E-state index in [1.54, 1.807) is 12.1 Å². The zero-order valence-electron chi connectivity index (χ0n) is 13.0. The Morgan fingerprint density at radius 3 is 2.61 bits per heavy atom. The van der Waals surface area contributed by atoms with Gasteiger partial charge in [-0.3, -0.25) is 4.79 Å². The fraction of sp³-hybridized carbons (Fsp3) is 0.250. The van der Waals surface area contributed by atoms with Crippen LogP contribution in [0.2, 0.25) is 0 Å². The van der Waals surface area contributed by atoms with E-state index >= 15 is 0 Å². The summed E-state index contributed by atoms with van der Waals surface area (Å²) in [5, 5.41) is 5.33. The Kier molecular flexibility index (Phi) is 4.20. The van der Waals surface area contributed by atoms with E-state index in [9.17, 15) is 4.79 Å². The van der Waals surface area contributed by atoms with Crippen LogP contribution in [0.4, 0.5) is 5.13 Å². The lowest BCUT2D eigenvalue weighted by Crippen LogP contribution is -2.25. The molecule has 0 saturated carbocycles. The van der Waals surface area contributed by atoms with Crippen molar-refractivity contribution in [2.45, 2.75) is 20.3 Å². The summed E-state index contributed by atoms with van der Waals surface area (Å²) in [4.78, 5) is 25.4. The van der Waals surface area contributed by atoms with Crippen molar-refractivity contribution < 1.29 is 4.79 Å². The molecule has 0 aliphatic rings. The van der Waals surface area contributed by atoms with Crippen molar-refractivity contribution in [1.29, 1.82) is 0 Å². The first-order valence-corrected chi connectivity index (χ1v) is 8.14. The fourth-order valence-corrected chi connectivity index (χ4v) is 2.81. The predicted octanol–water partition coefficient (Wildman–Crippen LogP) is 2.26. The van der Waals surface area contributed by atoms with Crippen LogP contribution in [-0.2, 0) is 6.42 Å². The maximum atomic E-state index is 12.2. The Bertz CT molecular complexity index is 874. The summed E-state index contributed by atoms with van der Waals surface area (Å²) < 4.78 is 0. The minimum atomic E-state index is -0.130. The first-order valence-electron chi connectivity index (χ1n) is 7.26. The minimum Gasteiger partial charge on any atom is -0.375 e. The van der Waals surface area contributed by atoms with Crippen LogP contribution in [0.5, 0.6) is 0 Å². The van der Waals surface area contributed by atoms with Crippen LogP contribution in [0, 0.1) is 13.8 Å². The molecule has 6 nitrogen and oxygen atoms in total. The minimum absolute atomic E-state index is 0.130. The summed E-state index contributed by atoms with van der Waals surface area (Å²) in [5.41, 5.74) is 10.3. The number of aryl methyl sites for hydroxylation is 2. The van der Waals surface area contributed by atoms with Gasteiger partial charge in [-0.2, -0.15) is 0 Å². The maximum Gasteiger partial charge on any atom is 0.251 e. The van der Waals surface area contributed by atoms with Gasteiger partial charge in [0, 0.05) is 23.9 Å². The molecule has 1 amide bonds. The van der Waals surface area contributed by atoms with E-state index < -0.39 is 0 Å². The molecule has 2 aromatic heterocycles. The molecule has 0 aliphatic heterocycles. The highest BCUT2D eigenvalue weighted by molar-refractivity contribution is 7.13. The number of hydrogen-bond donors (Lipinski definition) is 2. The predicted molar refractivity (Wildman–Crippen MR) is 91.6 cm³/mol. The number of thiazole rings is 1. The first-order chi connectivity index (χ1) is 11.0. The number of anilines is 1. The second-order valence-corrected chi connectivity index (χ2v) is 6.17. The van der Waals surface area contributed by atoms with Gasteiger partial charge < -0.3 is 11.1 Å². The summed E-state index contributed by atoms with van der Waals surface area (Å²) in [7, 11) is 0. The van der Waals surface area contributed by atoms with Crippen LogP contribution in [0.15, 0.2) is 23.6 Å².